The van der Waals surface area contributed by atoms with Gasteiger partial charge in [-0.3, -0.25) is 0 Å². The van der Waals surface area contributed by atoms with Gasteiger partial charge >= 0.3 is 0 Å². The van der Waals surface area contributed by atoms with Crippen LogP contribution >= 0.6 is 0 Å². The summed E-state index contributed by atoms with van der Waals surface area (Å²) >= 11 is 0. The molecule has 0 saturated carbocycles. The van der Waals surface area contributed by atoms with Gasteiger partial charge in [0.15, 0.2) is 0 Å². The molecule has 1 aliphatic heterocycles. The predicted molar refractivity (Wildman–Crippen MR) is 61.7 cm³/mol. The van der Waals surface area contributed by atoms with Crippen molar-refractivity contribution in [3.8, 4) is 0 Å². The summed E-state index contributed by atoms with van der Waals surface area (Å²) in [5.41, 5.74) is 0. The highest BCUT2D eigenvalue weighted by molar-refractivity contribution is 4.77. The highest BCUT2D eigenvalue weighted by atomic mass is 15.2. The molecule has 1 saturated heterocycles. The van der Waals surface area contributed by atoms with Gasteiger partial charge in [0.05, 0.1) is 0 Å². The van der Waals surface area contributed by atoms with Crippen LogP contribution in [0.4, 0.5) is 0 Å². The fraction of sp³-hybridized carbons (Fsp3) is 1.00. The number of nitrogens with zero attached hydrogens (tertiary/aromatic N) is 2. The van der Waals surface area contributed by atoms with E-state index in [1.165, 1.54) is 39.0 Å². The standard InChI is InChI=1S/C11H25N3/c1-4-14-9-5-8-13(3)11(10-14)6-7-12-2/h11-12H,4-10H2,1-3H3. The van der Waals surface area contributed by atoms with Gasteiger partial charge in [0, 0.05) is 12.6 Å². The van der Waals surface area contributed by atoms with Crippen molar-refractivity contribution in [3.63, 3.8) is 0 Å². The van der Waals surface area contributed by atoms with Gasteiger partial charge in [-0.2, -0.15) is 0 Å². The molecule has 0 radical (unpaired) electrons. The molecular formula is C11H25N3. The molecule has 0 aliphatic carbocycles. The molecule has 1 unspecified atom stereocenters. The van der Waals surface area contributed by atoms with Crippen LogP contribution in [0.5, 0.6) is 0 Å². The molecule has 1 fully saturated rings. The zero-order valence-corrected chi connectivity index (χ0v) is 9.92. The zero-order chi connectivity index (χ0) is 10.4. The molecule has 0 aromatic rings. The highest BCUT2D eigenvalue weighted by Gasteiger charge is 2.20. The topological polar surface area (TPSA) is 18.5 Å². The van der Waals surface area contributed by atoms with Crippen molar-refractivity contribution >= 4 is 0 Å². The normalized spacial score (nSPS) is 26.4. The lowest BCUT2D eigenvalue weighted by atomic mass is 10.2. The summed E-state index contributed by atoms with van der Waals surface area (Å²) in [6.07, 6.45) is 2.59. The van der Waals surface area contributed by atoms with Crippen molar-refractivity contribution in [2.24, 2.45) is 0 Å². The molecule has 3 nitrogen and oxygen atoms in total. The lowest BCUT2D eigenvalue weighted by Crippen LogP contribution is -2.40. The van der Waals surface area contributed by atoms with E-state index < -0.39 is 0 Å². The van der Waals surface area contributed by atoms with Gasteiger partial charge in [-0.15, -0.1) is 0 Å². The Labute approximate surface area is 88.5 Å². The third-order valence-corrected chi connectivity index (χ3v) is 3.25. The molecule has 14 heavy (non-hydrogen) atoms. The molecule has 0 spiro atoms. The minimum atomic E-state index is 0.741. The maximum atomic E-state index is 3.24. The first-order valence-electron chi connectivity index (χ1n) is 5.85. The predicted octanol–water partition coefficient (Wildman–Crippen LogP) is 0.622. The maximum absolute atomic E-state index is 3.24. The van der Waals surface area contributed by atoms with Crippen molar-refractivity contribution in [1.82, 2.24) is 15.1 Å². The van der Waals surface area contributed by atoms with Crippen LogP contribution in [-0.4, -0.2) is 62.7 Å². The lowest BCUT2D eigenvalue weighted by molar-refractivity contribution is 0.202. The lowest BCUT2D eigenvalue weighted by Gasteiger charge is -2.28. The maximum Gasteiger partial charge on any atom is 0.0232 e. The first-order valence-corrected chi connectivity index (χ1v) is 5.85. The van der Waals surface area contributed by atoms with E-state index >= 15 is 0 Å². The summed E-state index contributed by atoms with van der Waals surface area (Å²) in [6.45, 7) is 8.37. The number of likely N-dealkylation sites (N-methyl/N-ethyl adjacent to an activating group) is 2. The molecule has 1 rings (SSSR count). The molecule has 1 atom stereocenters. The van der Waals surface area contributed by atoms with Crippen molar-refractivity contribution in [2.75, 3.05) is 46.8 Å². The second-order valence-corrected chi connectivity index (χ2v) is 4.27. The van der Waals surface area contributed by atoms with Crippen LogP contribution in [0.2, 0.25) is 0 Å². The summed E-state index contributed by atoms with van der Waals surface area (Å²) < 4.78 is 0. The van der Waals surface area contributed by atoms with E-state index in [4.69, 9.17) is 0 Å². The van der Waals surface area contributed by atoms with Crippen LogP contribution in [0, 0.1) is 0 Å². The van der Waals surface area contributed by atoms with E-state index in [0.29, 0.717) is 0 Å². The minimum absolute atomic E-state index is 0.741. The van der Waals surface area contributed by atoms with Crippen molar-refractivity contribution < 1.29 is 0 Å². The molecular weight excluding hydrogens is 174 g/mol. The van der Waals surface area contributed by atoms with E-state index in [2.05, 4.69) is 29.1 Å². The summed E-state index contributed by atoms with van der Waals surface area (Å²) in [7, 11) is 4.30. The fourth-order valence-corrected chi connectivity index (χ4v) is 2.16. The Kier molecular flexibility index (Phi) is 5.45. The van der Waals surface area contributed by atoms with Crippen LogP contribution < -0.4 is 5.32 Å². The summed E-state index contributed by atoms with van der Waals surface area (Å²) in [5, 5.41) is 3.24. The Bertz CT molecular complexity index is 149. The highest BCUT2D eigenvalue weighted by Crippen LogP contribution is 2.10. The largest absolute Gasteiger partial charge is 0.320 e. The van der Waals surface area contributed by atoms with Crippen LogP contribution in [0.15, 0.2) is 0 Å². The number of hydrogen-bond acceptors (Lipinski definition) is 3. The second kappa shape index (κ2) is 6.38. The number of rotatable bonds is 4. The van der Waals surface area contributed by atoms with Gasteiger partial charge < -0.3 is 15.1 Å². The van der Waals surface area contributed by atoms with E-state index in [-0.39, 0.29) is 0 Å². The van der Waals surface area contributed by atoms with Crippen molar-refractivity contribution in [2.45, 2.75) is 25.8 Å². The number of nitrogens with one attached hydrogen (secondary N) is 1. The molecule has 1 aliphatic rings. The summed E-state index contributed by atoms with van der Waals surface area (Å²) in [4.78, 5) is 5.09. The zero-order valence-electron chi connectivity index (χ0n) is 9.92. The van der Waals surface area contributed by atoms with Crippen LogP contribution in [0.3, 0.4) is 0 Å². The van der Waals surface area contributed by atoms with Gasteiger partial charge in [0.1, 0.15) is 0 Å². The van der Waals surface area contributed by atoms with Crippen LogP contribution in [0.1, 0.15) is 19.8 Å². The Balaban J connectivity index is 2.41. The third-order valence-electron chi connectivity index (χ3n) is 3.25. The average molecular weight is 199 g/mol. The molecule has 0 amide bonds. The van der Waals surface area contributed by atoms with Gasteiger partial charge in [-0.1, -0.05) is 6.92 Å². The second-order valence-electron chi connectivity index (χ2n) is 4.27. The quantitative estimate of drug-likeness (QED) is 0.716. The van der Waals surface area contributed by atoms with E-state index in [1.54, 1.807) is 0 Å². The number of hydrogen-bond donors (Lipinski definition) is 1. The Morgan fingerprint density at radius 3 is 2.79 bits per heavy atom. The Morgan fingerprint density at radius 2 is 2.14 bits per heavy atom. The molecule has 0 bridgehead atoms. The molecule has 0 aromatic heterocycles. The molecule has 1 N–H and O–H groups in total. The minimum Gasteiger partial charge on any atom is -0.320 e. The van der Waals surface area contributed by atoms with Crippen molar-refractivity contribution in [3.05, 3.63) is 0 Å². The molecule has 1 heterocycles. The Morgan fingerprint density at radius 1 is 1.36 bits per heavy atom. The first-order chi connectivity index (χ1) is 6.77. The monoisotopic (exact) mass is 199 g/mol. The smallest absolute Gasteiger partial charge is 0.0232 e. The molecule has 0 aromatic carbocycles. The van der Waals surface area contributed by atoms with Gasteiger partial charge in [0.2, 0.25) is 0 Å². The Hall–Kier alpha value is -0.120. The summed E-state index contributed by atoms with van der Waals surface area (Å²) in [6, 6.07) is 0.741. The third kappa shape index (κ3) is 3.56. The van der Waals surface area contributed by atoms with Gasteiger partial charge in [-0.05, 0) is 53.1 Å². The van der Waals surface area contributed by atoms with E-state index in [0.717, 1.165) is 12.6 Å². The molecule has 3 heteroatoms. The van der Waals surface area contributed by atoms with Crippen LogP contribution in [-0.2, 0) is 0 Å². The van der Waals surface area contributed by atoms with E-state index in [1.807, 2.05) is 7.05 Å². The first kappa shape index (κ1) is 12.0. The van der Waals surface area contributed by atoms with Gasteiger partial charge in [0.25, 0.3) is 0 Å². The SMILES string of the molecule is CCN1CCCN(C)C(CCNC)C1. The average Bonchev–Trinajstić information content (AvgIpc) is 2.37. The fourth-order valence-electron chi connectivity index (χ4n) is 2.16. The van der Waals surface area contributed by atoms with E-state index in [9.17, 15) is 0 Å². The van der Waals surface area contributed by atoms with Crippen molar-refractivity contribution in [1.29, 1.82) is 0 Å². The molecule has 84 valence electrons. The van der Waals surface area contributed by atoms with Gasteiger partial charge in [-0.25, -0.2) is 0 Å². The summed E-state index contributed by atoms with van der Waals surface area (Å²) in [5.74, 6) is 0. The van der Waals surface area contributed by atoms with Crippen LogP contribution in [0.25, 0.3) is 0 Å².